The lowest BCUT2D eigenvalue weighted by atomic mass is 10.3. The number of nitrogens with zero attached hydrogens (tertiary/aromatic N) is 1. The number of aliphatic hydroxyl groups is 1. The van der Waals surface area contributed by atoms with Gasteiger partial charge < -0.3 is 10.2 Å². The second-order valence-corrected chi connectivity index (χ2v) is 5.07. The van der Waals surface area contributed by atoms with Crippen LogP contribution < -0.4 is 4.72 Å². The van der Waals surface area contributed by atoms with Crippen molar-refractivity contribution >= 4 is 16.2 Å². The zero-order valence-electron chi connectivity index (χ0n) is 8.84. The molecule has 0 fully saturated rings. The zero-order valence-corrected chi connectivity index (χ0v) is 9.65. The maximum absolute atomic E-state index is 11.5. The number of rotatable bonds is 6. The van der Waals surface area contributed by atoms with Gasteiger partial charge in [-0.05, 0) is 13.8 Å². The van der Waals surface area contributed by atoms with Crippen LogP contribution in [0.3, 0.4) is 0 Å². The Morgan fingerprint density at radius 3 is 2.20 bits per heavy atom. The van der Waals surface area contributed by atoms with Crippen LogP contribution in [0.4, 0.5) is 0 Å². The summed E-state index contributed by atoms with van der Waals surface area (Å²) in [5.41, 5.74) is 0. The third-order valence-electron chi connectivity index (χ3n) is 1.88. The first-order valence-corrected chi connectivity index (χ1v) is 5.75. The molecule has 0 radical (unpaired) electrons. The quantitative estimate of drug-likeness (QED) is 0.529. The highest BCUT2D eigenvalue weighted by molar-refractivity contribution is 7.87. The van der Waals surface area contributed by atoms with Crippen LogP contribution in [0.5, 0.6) is 0 Å². The first kappa shape index (κ1) is 14.3. The topological polar surface area (TPSA) is 107 Å². The lowest BCUT2D eigenvalue weighted by Gasteiger charge is -2.23. The number of nitrogens with one attached hydrogen (secondary N) is 1. The number of carboxylic acids is 1. The van der Waals surface area contributed by atoms with E-state index in [0.717, 1.165) is 4.31 Å². The van der Waals surface area contributed by atoms with Gasteiger partial charge in [-0.3, -0.25) is 4.79 Å². The zero-order chi connectivity index (χ0) is 12.2. The van der Waals surface area contributed by atoms with Gasteiger partial charge in [0.05, 0.1) is 6.61 Å². The molecule has 0 aromatic carbocycles. The van der Waals surface area contributed by atoms with E-state index in [9.17, 15) is 13.2 Å². The molecule has 0 bridgehead atoms. The number of carboxylic acid groups (broad SMARTS) is 1. The number of hydrogen-bond donors (Lipinski definition) is 3. The largest absolute Gasteiger partial charge is 0.480 e. The Morgan fingerprint density at radius 1 is 1.47 bits per heavy atom. The average molecular weight is 240 g/mol. The minimum atomic E-state index is -3.87. The summed E-state index contributed by atoms with van der Waals surface area (Å²) in [4.78, 5) is 10.5. The molecule has 0 amide bonds. The second-order valence-electron chi connectivity index (χ2n) is 3.31. The number of aliphatic hydroxyl groups excluding tert-OH is 1. The maximum atomic E-state index is 11.5. The standard InChI is InChI=1S/C7H16N2O5S/c1-5(2)9(3)15(13,14)8-6(4-10)7(11)12/h5-6,8,10H,4H2,1-3H3,(H,11,12). The molecule has 0 saturated heterocycles. The first-order chi connectivity index (χ1) is 6.72. The molecule has 8 heteroatoms. The van der Waals surface area contributed by atoms with Gasteiger partial charge >= 0.3 is 5.97 Å². The van der Waals surface area contributed by atoms with E-state index in [4.69, 9.17) is 10.2 Å². The highest BCUT2D eigenvalue weighted by Crippen LogP contribution is 2.01. The highest BCUT2D eigenvalue weighted by Gasteiger charge is 2.27. The summed E-state index contributed by atoms with van der Waals surface area (Å²) in [6.45, 7) is 2.50. The van der Waals surface area contributed by atoms with Gasteiger partial charge in [-0.25, -0.2) is 0 Å². The molecule has 0 rings (SSSR count). The van der Waals surface area contributed by atoms with Gasteiger partial charge in [-0.1, -0.05) is 0 Å². The van der Waals surface area contributed by atoms with Crippen LogP contribution in [0, 0.1) is 0 Å². The van der Waals surface area contributed by atoms with Gasteiger partial charge in [-0.2, -0.15) is 17.4 Å². The normalized spacial score (nSPS) is 14.5. The molecule has 0 aliphatic heterocycles. The van der Waals surface area contributed by atoms with E-state index in [0.29, 0.717) is 0 Å². The fourth-order valence-corrected chi connectivity index (χ4v) is 1.96. The first-order valence-electron chi connectivity index (χ1n) is 4.31. The van der Waals surface area contributed by atoms with Crippen molar-refractivity contribution in [2.45, 2.75) is 25.9 Å². The molecular formula is C7H16N2O5S. The van der Waals surface area contributed by atoms with Crippen LogP contribution in [-0.2, 0) is 15.0 Å². The van der Waals surface area contributed by atoms with E-state index < -0.39 is 28.8 Å². The van der Waals surface area contributed by atoms with Crippen molar-refractivity contribution in [3.63, 3.8) is 0 Å². The Hall–Kier alpha value is -0.700. The minimum Gasteiger partial charge on any atom is -0.480 e. The van der Waals surface area contributed by atoms with Crippen molar-refractivity contribution in [3.05, 3.63) is 0 Å². The van der Waals surface area contributed by atoms with Crippen molar-refractivity contribution in [1.82, 2.24) is 9.03 Å². The van der Waals surface area contributed by atoms with Crippen LogP contribution in [0.2, 0.25) is 0 Å². The Morgan fingerprint density at radius 2 is 1.93 bits per heavy atom. The lowest BCUT2D eigenvalue weighted by molar-refractivity contribution is -0.139. The molecule has 1 unspecified atom stereocenters. The summed E-state index contributed by atoms with van der Waals surface area (Å²) >= 11 is 0. The molecule has 90 valence electrons. The van der Waals surface area contributed by atoms with Crippen molar-refractivity contribution < 1.29 is 23.4 Å². The van der Waals surface area contributed by atoms with Crippen LogP contribution in [0.15, 0.2) is 0 Å². The summed E-state index contributed by atoms with van der Waals surface area (Å²) in [7, 11) is -2.55. The minimum absolute atomic E-state index is 0.296. The Bertz CT molecular complexity index is 313. The van der Waals surface area contributed by atoms with Gasteiger partial charge in [0.15, 0.2) is 0 Å². The molecule has 0 aromatic heterocycles. The lowest BCUT2D eigenvalue weighted by Crippen LogP contribution is -2.50. The Kier molecular flexibility index (Phi) is 5.15. The molecule has 0 saturated carbocycles. The van der Waals surface area contributed by atoms with E-state index in [1.807, 2.05) is 4.72 Å². The molecule has 3 N–H and O–H groups in total. The van der Waals surface area contributed by atoms with Gasteiger partial charge in [0.25, 0.3) is 10.2 Å². The molecule has 0 spiro atoms. The predicted octanol–water partition coefficient (Wildman–Crippen LogP) is -1.39. The number of aliphatic carboxylic acids is 1. The van der Waals surface area contributed by atoms with Gasteiger partial charge in [-0.15, -0.1) is 0 Å². The van der Waals surface area contributed by atoms with E-state index in [2.05, 4.69) is 0 Å². The molecule has 15 heavy (non-hydrogen) atoms. The summed E-state index contributed by atoms with van der Waals surface area (Å²) in [5, 5.41) is 17.2. The number of hydrogen-bond acceptors (Lipinski definition) is 4. The van der Waals surface area contributed by atoms with Crippen molar-refractivity contribution in [2.75, 3.05) is 13.7 Å². The summed E-state index contributed by atoms with van der Waals surface area (Å²) in [5.74, 6) is -1.42. The van der Waals surface area contributed by atoms with Crippen LogP contribution >= 0.6 is 0 Å². The van der Waals surface area contributed by atoms with Gasteiger partial charge in [0, 0.05) is 13.1 Å². The Balaban J connectivity index is 4.70. The maximum Gasteiger partial charge on any atom is 0.324 e. The Labute approximate surface area is 88.9 Å². The van der Waals surface area contributed by atoms with Crippen molar-refractivity contribution in [2.24, 2.45) is 0 Å². The molecule has 0 aliphatic carbocycles. The van der Waals surface area contributed by atoms with Crippen LogP contribution in [0.1, 0.15) is 13.8 Å². The summed E-state index contributed by atoms with van der Waals surface area (Å²) < 4.78 is 25.8. The summed E-state index contributed by atoms with van der Waals surface area (Å²) in [6, 6.07) is -1.81. The fraction of sp³-hybridized carbons (Fsp3) is 0.857. The van der Waals surface area contributed by atoms with E-state index >= 15 is 0 Å². The van der Waals surface area contributed by atoms with Crippen LogP contribution in [0.25, 0.3) is 0 Å². The van der Waals surface area contributed by atoms with Crippen LogP contribution in [-0.4, -0.2) is 54.6 Å². The SMILES string of the molecule is CC(C)N(C)S(=O)(=O)NC(CO)C(=O)O. The molecule has 7 nitrogen and oxygen atoms in total. The van der Waals surface area contributed by atoms with E-state index in [1.165, 1.54) is 7.05 Å². The molecule has 0 aromatic rings. The second kappa shape index (κ2) is 5.40. The molecule has 1 atom stereocenters. The monoisotopic (exact) mass is 240 g/mol. The smallest absolute Gasteiger partial charge is 0.324 e. The third kappa shape index (κ3) is 4.12. The molecular weight excluding hydrogens is 224 g/mol. The van der Waals surface area contributed by atoms with Crippen molar-refractivity contribution in [3.8, 4) is 0 Å². The molecule has 0 aliphatic rings. The fourth-order valence-electron chi connectivity index (χ4n) is 0.706. The third-order valence-corrected chi connectivity index (χ3v) is 3.64. The predicted molar refractivity (Wildman–Crippen MR) is 53.5 cm³/mol. The highest BCUT2D eigenvalue weighted by atomic mass is 32.2. The van der Waals surface area contributed by atoms with E-state index in [-0.39, 0.29) is 6.04 Å². The van der Waals surface area contributed by atoms with Gasteiger partial charge in [0.2, 0.25) is 0 Å². The van der Waals surface area contributed by atoms with Gasteiger partial charge in [0.1, 0.15) is 6.04 Å². The van der Waals surface area contributed by atoms with E-state index in [1.54, 1.807) is 13.8 Å². The van der Waals surface area contributed by atoms with Crippen molar-refractivity contribution in [1.29, 1.82) is 0 Å². The number of carbonyl (C=O) groups is 1. The average Bonchev–Trinajstić information content (AvgIpc) is 2.12. The summed E-state index contributed by atoms with van der Waals surface area (Å²) in [6.07, 6.45) is 0. The molecule has 0 heterocycles.